The number of aryl methyl sites for hydroxylation is 2. The Bertz CT molecular complexity index is 464. The molecule has 0 saturated heterocycles. The summed E-state index contributed by atoms with van der Waals surface area (Å²) in [5.74, 6) is 1.67. The molecule has 1 fully saturated rings. The zero-order chi connectivity index (χ0) is 12.5. The van der Waals surface area contributed by atoms with Crippen LogP contribution in [0.2, 0.25) is 0 Å². The summed E-state index contributed by atoms with van der Waals surface area (Å²) >= 11 is 3.92. The molecule has 3 rings (SSSR count). The van der Waals surface area contributed by atoms with Crippen LogP contribution in [0.5, 0.6) is 0 Å². The van der Waals surface area contributed by atoms with Crippen LogP contribution in [0.4, 0.5) is 0 Å². The van der Waals surface area contributed by atoms with Gasteiger partial charge in [-0.2, -0.15) is 0 Å². The Morgan fingerprint density at radius 3 is 1.44 bits per heavy atom. The van der Waals surface area contributed by atoms with Crippen LogP contribution in [-0.2, 0) is 0 Å². The van der Waals surface area contributed by atoms with Crippen molar-refractivity contribution in [1.29, 1.82) is 0 Å². The molecular formula is C16H20S2. The Morgan fingerprint density at radius 1 is 0.778 bits per heavy atom. The van der Waals surface area contributed by atoms with Gasteiger partial charge in [-0.1, -0.05) is 0 Å². The SMILES string of the molecule is Cc1csc(C2CCC(c3cc(C)cs3)CC2)c1. The molecule has 18 heavy (non-hydrogen) atoms. The fraction of sp³-hybridized carbons (Fsp3) is 0.500. The zero-order valence-electron chi connectivity index (χ0n) is 11.1. The molecule has 0 amide bonds. The first kappa shape index (κ1) is 12.4. The second-order valence-electron chi connectivity index (χ2n) is 5.60. The highest BCUT2D eigenvalue weighted by molar-refractivity contribution is 7.10. The van der Waals surface area contributed by atoms with Crippen LogP contribution in [0.3, 0.4) is 0 Å². The molecule has 0 aliphatic heterocycles. The van der Waals surface area contributed by atoms with Crippen molar-refractivity contribution in [3.8, 4) is 0 Å². The topological polar surface area (TPSA) is 0 Å². The van der Waals surface area contributed by atoms with Gasteiger partial charge in [0.15, 0.2) is 0 Å². The summed E-state index contributed by atoms with van der Waals surface area (Å²) < 4.78 is 0. The standard InChI is InChI=1S/C16H20S2/c1-11-7-15(17-9-11)13-3-5-14(6-4-13)16-8-12(2)10-18-16/h7-10,13-14H,3-6H2,1-2H3. The quantitative estimate of drug-likeness (QED) is 0.643. The van der Waals surface area contributed by atoms with Gasteiger partial charge in [0.1, 0.15) is 0 Å². The van der Waals surface area contributed by atoms with Crippen molar-refractivity contribution < 1.29 is 0 Å². The second-order valence-corrected chi connectivity index (χ2v) is 7.49. The summed E-state index contributed by atoms with van der Waals surface area (Å²) in [6, 6.07) is 4.79. The number of rotatable bonds is 2. The average molecular weight is 276 g/mol. The van der Waals surface area contributed by atoms with E-state index in [1.54, 1.807) is 9.75 Å². The van der Waals surface area contributed by atoms with Gasteiger partial charge in [0, 0.05) is 9.75 Å². The van der Waals surface area contributed by atoms with Crippen molar-refractivity contribution >= 4 is 22.7 Å². The van der Waals surface area contributed by atoms with Gasteiger partial charge in [-0.25, -0.2) is 0 Å². The maximum atomic E-state index is 2.39. The fourth-order valence-electron chi connectivity index (χ4n) is 3.00. The molecule has 0 radical (unpaired) electrons. The summed E-state index contributed by atoms with van der Waals surface area (Å²) in [7, 11) is 0. The van der Waals surface area contributed by atoms with E-state index in [4.69, 9.17) is 0 Å². The van der Waals surface area contributed by atoms with Crippen LogP contribution in [0.1, 0.15) is 58.4 Å². The van der Waals surface area contributed by atoms with E-state index in [1.165, 1.54) is 36.8 Å². The Balaban J connectivity index is 1.64. The lowest BCUT2D eigenvalue weighted by Crippen LogP contribution is -2.10. The van der Waals surface area contributed by atoms with E-state index in [1.807, 2.05) is 22.7 Å². The lowest BCUT2D eigenvalue weighted by atomic mass is 9.80. The molecule has 1 aliphatic rings. The fourth-order valence-corrected chi connectivity index (χ4v) is 5.14. The molecule has 0 aromatic carbocycles. The largest absolute Gasteiger partial charge is 0.148 e. The third-order valence-corrected chi connectivity index (χ3v) is 6.46. The number of thiophene rings is 2. The van der Waals surface area contributed by atoms with Crippen molar-refractivity contribution in [3.63, 3.8) is 0 Å². The average Bonchev–Trinajstić information content (AvgIpc) is 2.98. The van der Waals surface area contributed by atoms with Gasteiger partial charge < -0.3 is 0 Å². The molecular weight excluding hydrogens is 256 g/mol. The van der Waals surface area contributed by atoms with Gasteiger partial charge in [0.25, 0.3) is 0 Å². The minimum atomic E-state index is 0.834. The zero-order valence-corrected chi connectivity index (χ0v) is 12.7. The lowest BCUT2D eigenvalue weighted by Gasteiger charge is -2.27. The van der Waals surface area contributed by atoms with Gasteiger partial charge in [0.2, 0.25) is 0 Å². The molecule has 0 spiro atoms. The van der Waals surface area contributed by atoms with Crippen LogP contribution in [0.25, 0.3) is 0 Å². The first-order valence-electron chi connectivity index (χ1n) is 6.82. The molecule has 1 aliphatic carbocycles. The molecule has 0 atom stereocenters. The van der Waals surface area contributed by atoms with E-state index in [-0.39, 0.29) is 0 Å². The summed E-state index contributed by atoms with van der Waals surface area (Å²) in [6.45, 7) is 4.42. The molecule has 0 nitrogen and oxygen atoms in total. The van der Waals surface area contributed by atoms with Crippen molar-refractivity contribution in [1.82, 2.24) is 0 Å². The molecule has 0 N–H and O–H groups in total. The first-order chi connectivity index (χ1) is 8.72. The second kappa shape index (κ2) is 5.18. The summed E-state index contributed by atoms with van der Waals surface area (Å²) in [4.78, 5) is 3.24. The van der Waals surface area contributed by atoms with Crippen LogP contribution in [0, 0.1) is 13.8 Å². The summed E-state index contributed by atoms with van der Waals surface area (Å²) in [6.07, 6.45) is 5.51. The Hall–Kier alpha value is -0.600. The number of hydrogen-bond donors (Lipinski definition) is 0. The maximum Gasteiger partial charge on any atom is 0.00789 e. The highest BCUT2D eigenvalue weighted by atomic mass is 32.1. The van der Waals surface area contributed by atoms with E-state index >= 15 is 0 Å². The van der Waals surface area contributed by atoms with E-state index in [0.29, 0.717) is 0 Å². The van der Waals surface area contributed by atoms with E-state index in [0.717, 1.165) is 11.8 Å². The molecule has 0 unspecified atom stereocenters. The van der Waals surface area contributed by atoms with Gasteiger partial charge in [-0.3, -0.25) is 0 Å². The van der Waals surface area contributed by atoms with Gasteiger partial charge in [-0.05, 0) is 85.4 Å². The maximum absolute atomic E-state index is 2.39. The normalized spacial score (nSPS) is 24.3. The first-order valence-corrected chi connectivity index (χ1v) is 8.58. The molecule has 2 aromatic heterocycles. The van der Waals surface area contributed by atoms with Crippen LogP contribution in [-0.4, -0.2) is 0 Å². The van der Waals surface area contributed by atoms with Crippen LogP contribution >= 0.6 is 22.7 Å². The minimum absolute atomic E-state index is 0.834. The minimum Gasteiger partial charge on any atom is -0.148 e. The molecule has 2 heterocycles. The highest BCUT2D eigenvalue weighted by Crippen LogP contribution is 2.43. The van der Waals surface area contributed by atoms with E-state index in [2.05, 4.69) is 36.7 Å². The predicted octanol–water partition coefficient (Wildman–Crippen LogP) is 5.87. The van der Waals surface area contributed by atoms with Crippen molar-refractivity contribution in [2.75, 3.05) is 0 Å². The molecule has 2 heteroatoms. The Labute approximate surface area is 118 Å². The number of hydrogen-bond acceptors (Lipinski definition) is 2. The lowest BCUT2D eigenvalue weighted by molar-refractivity contribution is 0.403. The third-order valence-electron chi connectivity index (χ3n) is 4.03. The summed E-state index contributed by atoms with van der Waals surface area (Å²) in [5, 5.41) is 4.59. The van der Waals surface area contributed by atoms with Crippen molar-refractivity contribution in [2.24, 2.45) is 0 Å². The van der Waals surface area contributed by atoms with Crippen LogP contribution in [0.15, 0.2) is 22.9 Å². The Morgan fingerprint density at radius 2 is 1.17 bits per heavy atom. The highest BCUT2D eigenvalue weighted by Gasteiger charge is 2.24. The monoisotopic (exact) mass is 276 g/mol. The molecule has 96 valence electrons. The van der Waals surface area contributed by atoms with Gasteiger partial charge in [0.05, 0.1) is 0 Å². The smallest absolute Gasteiger partial charge is 0.00789 e. The van der Waals surface area contributed by atoms with E-state index < -0.39 is 0 Å². The van der Waals surface area contributed by atoms with Crippen LogP contribution < -0.4 is 0 Å². The van der Waals surface area contributed by atoms with Crippen molar-refractivity contribution in [3.05, 3.63) is 43.8 Å². The summed E-state index contributed by atoms with van der Waals surface area (Å²) in [5.41, 5.74) is 2.87. The van der Waals surface area contributed by atoms with Gasteiger partial charge >= 0.3 is 0 Å². The third kappa shape index (κ3) is 2.55. The molecule has 2 aromatic rings. The predicted molar refractivity (Wildman–Crippen MR) is 82.1 cm³/mol. The van der Waals surface area contributed by atoms with Gasteiger partial charge in [-0.15, -0.1) is 22.7 Å². The van der Waals surface area contributed by atoms with Crippen molar-refractivity contribution in [2.45, 2.75) is 51.4 Å². The molecule has 0 bridgehead atoms. The Kier molecular flexibility index (Phi) is 3.58. The molecule has 1 saturated carbocycles. The van der Waals surface area contributed by atoms with E-state index in [9.17, 15) is 0 Å².